The van der Waals surface area contributed by atoms with Gasteiger partial charge in [-0.25, -0.2) is 0 Å². The summed E-state index contributed by atoms with van der Waals surface area (Å²) in [5, 5.41) is 0. The average Bonchev–Trinajstić information content (AvgIpc) is 0.939. The minimum atomic E-state index is -0.169. The van der Waals surface area contributed by atoms with Crippen molar-refractivity contribution in [1.82, 2.24) is 0 Å². The molecule has 4 aromatic rings. The summed E-state index contributed by atoms with van der Waals surface area (Å²) in [5.74, 6) is 3.40. The number of hydrogen-bond acceptors (Lipinski definition) is 16. The van der Waals surface area contributed by atoms with E-state index in [0.717, 1.165) is 48.7 Å². The van der Waals surface area contributed by atoms with E-state index >= 15 is 0 Å². The van der Waals surface area contributed by atoms with Crippen molar-refractivity contribution in [2.45, 2.75) is 229 Å². The maximum absolute atomic E-state index is 5.85. The van der Waals surface area contributed by atoms with Crippen LogP contribution in [0.2, 0.25) is 0 Å². The highest BCUT2D eigenvalue weighted by atomic mass is 16.7. The molecule has 0 heterocycles. The second kappa shape index (κ2) is 79.1. The van der Waals surface area contributed by atoms with Gasteiger partial charge in [0.25, 0.3) is 0 Å². The smallest absolute Gasteiger partial charge is 0.147 e. The molecule has 0 radical (unpaired) electrons. The van der Waals surface area contributed by atoms with Gasteiger partial charge in [0.1, 0.15) is 101 Å². The van der Waals surface area contributed by atoms with Crippen molar-refractivity contribution >= 4 is 0 Å². The Morgan fingerprint density at radius 1 is 0.262 bits per heavy atom. The number of methoxy groups -OCH3 is 4. The van der Waals surface area contributed by atoms with Gasteiger partial charge in [-0.3, -0.25) is 0 Å². The van der Waals surface area contributed by atoms with E-state index in [0.29, 0.717) is 79.3 Å². The third-order valence-electron chi connectivity index (χ3n) is 15.3. The van der Waals surface area contributed by atoms with Gasteiger partial charge in [-0.15, -0.1) is 26.3 Å². The first-order valence-corrected chi connectivity index (χ1v) is 36.7. The third kappa shape index (κ3) is 62.5. The number of hydrogen-bond donors (Lipinski definition) is 0. The summed E-state index contributed by atoms with van der Waals surface area (Å²) >= 11 is 0. The van der Waals surface area contributed by atoms with Crippen molar-refractivity contribution in [2.75, 3.05) is 135 Å². The largest absolute Gasteiger partial charge is 0.491 e. The molecule has 16 nitrogen and oxygen atoms in total. The monoisotopic (exact) mass is 1450 g/mol. The van der Waals surface area contributed by atoms with Gasteiger partial charge in [-0.1, -0.05) is 227 Å². The first-order chi connectivity index (χ1) is 48.7. The van der Waals surface area contributed by atoms with Gasteiger partial charge in [-0.2, -0.15) is 0 Å². The quantitative estimate of drug-likeness (QED) is 0.0234. The van der Waals surface area contributed by atoms with Crippen LogP contribution in [0, 0.1) is 0 Å². The van der Waals surface area contributed by atoms with Crippen LogP contribution in [0.4, 0.5) is 0 Å². The third-order valence-corrected chi connectivity index (χ3v) is 15.3. The molecule has 0 saturated heterocycles. The Kier molecular flexibility index (Phi) is 79.8. The summed E-state index contributed by atoms with van der Waals surface area (Å²) in [6.07, 6.45) is 35.7. The molecule has 4 atom stereocenters. The molecule has 0 aliphatic rings. The summed E-state index contributed by atoms with van der Waals surface area (Å²) in [7, 11) is 6.40. The first-order valence-electron chi connectivity index (χ1n) is 36.7. The van der Waals surface area contributed by atoms with Crippen molar-refractivity contribution in [2.24, 2.45) is 0 Å². The molecule has 0 amide bonds. The van der Waals surface area contributed by atoms with Crippen LogP contribution in [0.3, 0.4) is 0 Å². The molecule has 0 bridgehead atoms. The minimum absolute atomic E-state index is 0. The molecule has 0 aliphatic carbocycles. The van der Waals surface area contributed by atoms with E-state index in [4.69, 9.17) is 75.8 Å². The van der Waals surface area contributed by atoms with Gasteiger partial charge in [-0.05, 0) is 122 Å². The molecule has 0 spiro atoms. The van der Waals surface area contributed by atoms with Crippen molar-refractivity contribution in [3.63, 3.8) is 0 Å². The van der Waals surface area contributed by atoms with E-state index in [9.17, 15) is 0 Å². The molecule has 0 aliphatic heterocycles. The Hall–Kier alpha value is -5.44. The normalized spacial score (nSPS) is 11.6. The summed E-state index contributed by atoms with van der Waals surface area (Å²) in [4.78, 5) is 0. The number of aryl methyl sites for hydroxylation is 4. The molecule has 0 aromatic heterocycles. The Morgan fingerprint density at radius 2 is 0.456 bits per heavy atom. The fourth-order valence-electron chi connectivity index (χ4n) is 9.66. The van der Waals surface area contributed by atoms with Gasteiger partial charge < -0.3 is 75.8 Å². The van der Waals surface area contributed by atoms with Gasteiger partial charge in [0.05, 0.1) is 52.9 Å². The lowest BCUT2D eigenvalue weighted by molar-refractivity contribution is -0.106. The lowest BCUT2D eigenvalue weighted by Gasteiger charge is -2.18. The highest BCUT2D eigenvalue weighted by molar-refractivity contribution is 5.30. The van der Waals surface area contributed by atoms with Crippen LogP contribution >= 0.6 is 0 Å². The van der Waals surface area contributed by atoms with E-state index in [2.05, 4.69) is 103 Å². The number of unbranched alkanes of at least 4 members (excludes halogenated alkanes) is 15. The van der Waals surface area contributed by atoms with Crippen molar-refractivity contribution < 1.29 is 75.8 Å². The Bertz CT molecular complexity index is 2370. The second-order valence-electron chi connectivity index (χ2n) is 24.2. The molecule has 16 heteroatoms. The zero-order valence-electron chi connectivity index (χ0n) is 62.8. The molecule has 4 rings (SSSR count). The molecular formula is C87H150O16. The number of benzene rings is 4. The Labute approximate surface area is 630 Å². The second-order valence-corrected chi connectivity index (χ2v) is 24.2. The minimum Gasteiger partial charge on any atom is -0.491 e. The van der Waals surface area contributed by atoms with Crippen LogP contribution in [0.5, 0.6) is 23.0 Å². The van der Waals surface area contributed by atoms with Crippen LogP contribution < -0.4 is 18.9 Å². The van der Waals surface area contributed by atoms with E-state index < -0.39 is 0 Å². The van der Waals surface area contributed by atoms with Crippen LogP contribution in [-0.4, -0.2) is 159 Å². The van der Waals surface area contributed by atoms with Crippen molar-refractivity contribution in [1.29, 1.82) is 0 Å². The van der Waals surface area contributed by atoms with Crippen LogP contribution in [0.25, 0.3) is 0 Å². The average molecular weight is 1450 g/mol. The molecule has 0 N–H and O–H groups in total. The number of ether oxygens (including phenoxy) is 16. The lowest BCUT2D eigenvalue weighted by atomic mass is 10.0. The lowest BCUT2D eigenvalue weighted by Crippen LogP contribution is -2.28. The van der Waals surface area contributed by atoms with E-state index in [1.165, 1.54) is 144 Å². The molecule has 0 fully saturated rings. The molecule has 0 saturated carbocycles. The van der Waals surface area contributed by atoms with E-state index in [1.807, 2.05) is 48.5 Å². The topological polar surface area (TPSA) is 148 Å². The van der Waals surface area contributed by atoms with Crippen molar-refractivity contribution in [3.05, 3.63) is 170 Å². The SMILES string of the molecule is C.C.C.C.C=CCOCC(COc1ccc(CCCC)cc1)OCOC.C=CCOCC(COc1ccc(CCCCCC)cc1)OCOC.C=CCOCC(COc1ccc(CCCCCCCC)cc1)OCOC.C=CCOCC(COc1ccc(CCCCCCCCC)cc1)OCOC. The first kappa shape index (κ1) is 104. The van der Waals surface area contributed by atoms with Crippen LogP contribution in [-0.2, 0) is 82.5 Å². The summed E-state index contributed by atoms with van der Waals surface area (Å²) < 4.78 is 87.0. The highest BCUT2D eigenvalue weighted by Gasteiger charge is 2.15. The van der Waals surface area contributed by atoms with E-state index in [1.54, 1.807) is 52.7 Å². The van der Waals surface area contributed by atoms with Crippen LogP contribution in [0.1, 0.15) is 202 Å². The predicted octanol–water partition coefficient (Wildman–Crippen LogP) is 21.2. The van der Waals surface area contributed by atoms with E-state index in [-0.39, 0.29) is 81.3 Å². The summed E-state index contributed by atoms with van der Waals surface area (Å²) in [6.45, 7) is 29.9. The molecular weight excluding hydrogens is 1300 g/mol. The zero-order valence-corrected chi connectivity index (χ0v) is 62.8. The maximum Gasteiger partial charge on any atom is 0.147 e. The standard InChI is InChI=1S/C23H38O4.C22H36O4.C20H32O4.C18H28O4.4CH4/c1-4-6-7-8-9-10-11-12-21-13-15-22(16-14-21)26-19-23(27-20-24-3)18-25-17-5-2;1-4-6-7-8-9-10-11-20-12-14-21(15-13-20)25-18-22(26-19-23-3)17-24-16-5-2;1-4-6-7-8-9-18-10-12-19(13-11-18)23-16-20(24-17-21-3)15-22-14-5-2;1-4-6-7-16-8-10-17(11-9-16)21-14-18(22-15-19-3)13-20-12-5-2;;;;/h5,13-16,23H,2,4,6-12,17-20H2,1,3H3;5,12-15,22H,2,4,6-11,16-19H2,1,3H3;5,10-13,20H,2,4,6-9,14-17H2,1,3H3;5,8-11,18H,2,4,6-7,12-15H2,1,3H3;4*1H4. The molecule has 4 aromatic carbocycles. The molecule has 594 valence electrons. The van der Waals surface area contributed by atoms with Gasteiger partial charge in [0.15, 0.2) is 0 Å². The molecule has 4 unspecified atom stereocenters. The fourth-order valence-corrected chi connectivity index (χ4v) is 9.66. The van der Waals surface area contributed by atoms with Gasteiger partial charge in [0.2, 0.25) is 0 Å². The Balaban J connectivity index is -0.000000628. The van der Waals surface area contributed by atoms with Gasteiger partial charge in [0, 0.05) is 28.4 Å². The predicted molar refractivity (Wildman–Crippen MR) is 431 cm³/mol. The van der Waals surface area contributed by atoms with Gasteiger partial charge >= 0.3 is 0 Å². The fraction of sp³-hybridized carbons (Fsp3) is 0.632. The molecule has 103 heavy (non-hydrogen) atoms. The van der Waals surface area contributed by atoms with Crippen LogP contribution in [0.15, 0.2) is 148 Å². The van der Waals surface area contributed by atoms with Crippen molar-refractivity contribution in [3.8, 4) is 23.0 Å². The highest BCUT2D eigenvalue weighted by Crippen LogP contribution is 2.20. The number of rotatable bonds is 63. The summed E-state index contributed by atoms with van der Waals surface area (Å²) in [5.41, 5.74) is 5.45. The maximum atomic E-state index is 5.85. The summed E-state index contributed by atoms with van der Waals surface area (Å²) in [6, 6.07) is 33.3. The Morgan fingerprint density at radius 3 is 0.660 bits per heavy atom. The zero-order chi connectivity index (χ0) is 72.0.